The molecule has 0 amide bonds. The SMILES string of the molecule is O=C1C=CC=CC1=CNCCCN=Cc1c[n-]c(-c2ccccc2)n1.O=C1C=CC=CC1=CNCCCN=Cc1c[n-]c(-c2ccccc2)n1.[Cu+].[Cu+].[Cu+].[NH2-]. The van der Waals surface area contributed by atoms with E-state index in [9.17, 15) is 9.59 Å². The van der Waals surface area contributed by atoms with Gasteiger partial charge < -0.3 is 36.7 Å². The van der Waals surface area contributed by atoms with Crippen molar-refractivity contribution in [1.82, 2.24) is 30.6 Å². The molecule has 2 aromatic heterocycles. The first-order valence-electron chi connectivity index (χ1n) is 16.4. The van der Waals surface area contributed by atoms with Gasteiger partial charge in [0.15, 0.2) is 11.6 Å². The molecule has 0 aliphatic heterocycles. The van der Waals surface area contributed by atoms with Crippen LogP contribution in [0.25, 0.3) is 28.9 Å². The van der Waals surface area contributed by atoms with E-state index >= 15 is 0 Å². The van der Waals surface area contributed by atoms with Crippen LogP contribution in [0.3, 0.4) is 0 Å². The standard InChI is InChI=1S/2C20H20N4O.3Cu.H2N/c2*25-19-10-5-4-9-17(19)13-21-11-6-12-22-14-18-15-23-20(24-18)16-7-2-1-3-8-16;;;;/h2*1-5,7-10,13-15H,6,11-12H2,(H2,21,22,23,24,25);;;;1H2/q;;3*+1;-1/p-2. The molecule has 4 N–H and O–H groups in total. The van der Waals surface area contributed by atoms with Gasteiger partial charge in [0.2, 0.25) is 0 Å². The number of rotatable bonds is 14. The van der Waals surface area contributed by atoms with E-state index in [4.69, 9.17) is 0 Å². The van der Waals surface area contributed by atoms with E-state index in [1.165, 1.54) is 0 Å². The number of carbonyl (C=O) groups excluding carboxylic acids is 2. The molecule has 2 heterocycles. The largest absolute Gasteiger partial charge is 1.00 e. The Morgan fingerprint density at radius 1 is 0.574 bits per heavy atom. The van der Waals surface area contributed by atoms with Crippen molar-refractivity contribution in [2.75, 3.05) is 26.2 Å². The predicted octanol–water partition coefficient (Wildman–Crippen LogP) is 6.08. The molecule has 6 rings (SSSR count). The van der Waals surface area contributed by atoms with E-state index < -0.39 is 0 Å². The number of nitrogens with zero attached hydrogens (tertiary/aromatic N) is 6. The molecule has 14 heteroatoms. The number of ketones is 2. The van der Waals surface area contributed by atoms with Crippen LogP contribution >= 0.6 is 0 Å². The Morgan fingerprint density at radius 3 is 1.35 bits per heavy atom. The summed E-state index contributed by atoms with van der Waals surface area (Å²) >= 11 is 0. The van der Waals surface area contributed by atoms with Gasteiger partial charge in [-0.1, -0.05) is 109 Å². The quantitative estimate of drug-likeness (QED) is 0.0666. The summed E-state index contributed by atoms with van der Waals surface area (Å²) in [4.78, 5) is 49.3. The van der Waals surface area contributed by atoms with Gasteiger partial charge in [0.1, 0.15) is 0 Å². The Labute approximate surface area is 347 Å². The van der Waals surface area contributed by atoms with Crippen molar-refractivity contribution in [3.05, 3.63) is 163 Å². The molecule has 0 saturated carbocycles. The van der Waals surface area contributed by atoms with Crippen molar-refractivity contribution in [3.8, 4) is 22.8 Å². The minimum absolute atomic E-state index is 0. The summed E-state index contributed by atoms with van der Waals surface area (Å²) in [6, 6.07) is 19.7. The fourth-order valence-corrected chi connectivity index (χ4v) is 4.62. The zero-order valence-corrected chi connectivity index (χ0v) is 31.9. The van der Waals surface area contributed by atoms with Gasteiger partial charge in [0.05, 0.1) is 0 Å². The molecule has 2 aromatic carbocycles. The second-order valence-corrected chi connectivity index (χ2v) is 11.0. The average molecular weight is 869 g/mol. The van der Waals surface area contributed by atoms with Gasteiger partial charge in [-0.2, -0.15) is 0 Å². The number of carbonyl (C=O) groups is 2. The molecule has 0 saturated heterocycles. The molecule has 54 heavy (non-hydrogen) atoms. The fraction of sp³-hybridized carbons (Fsp3) is 0.150. The van der Waals surface area contributed by atoms with Gasteiger partial charge >= 0.3 is 51.2 Å². The second-order valence-electron chi connectivity index (χ2n) is 11.0. The molecule has 2 aliphatic rings. The van der Waals surface area contributed by atoms with Crippen LogP contribution in [-0.2, 0) is 60.8 Å². The van der Waals surface area contributed by atoms with Crippen LogP contribution < -0.4 is 20.6 Å². The van der Waals surface area contributed by atoms with Gasteiger partial charge in [-0.15, -0.1) is 0 Å². The van der Waals surface area contributed by atoms with Crippen LogP contribution in [0.4, 0.5) is 0 Å². The van der Waals surface area contributed by atoms with E-state index in [2.05, 4.69) is 40.6 Å². The van der Waals surface area contributed by atoms with E-state index in [1.807, 2.05) is 72.8 Å². The summed E-state index contributed by atoms with van der Waals surface area (Å²) in [7, 11) is 0. The van der Waals surface area contributed by atoms with Crippen LogP contribution in [-0.4, -0.2) is 60.1 Å². The van der Waals surface area contributed by atoms with E-state index in [0.717, 1.165) is 60.1 Å². The van der Waals surface area contributed by atoms with Crippen molar-refractivity contribution in [2.45, 2.75) is 12.8 Å². The summed E-state index contributed by atoms with van der Waals surface area (Å²) in [6.45, 7) is 2.89. The number of allylic oxidation sites excluding steroid dienone is 10. The number of hydrogen-bond donors (Lipinski definition) is 2. The van der Waals surface area contributed by atoms with Crippen molar-refractivity contribution >= 4 is 24.0 Å². The molecule has 2 aliphatic carbocycles. The van der Waals surface area contributed by atoms with Crippen molar-refractivity contribution in [1.29, 1.82) is 0 Å². The van der Waals surface area contributed by atoms with Crippen LogP contribution in [0.5, 0.6) is 0 Å². The smallest absolute Gasteiger partial charge is 0.693 e. The fourth-order valence-electron chi connectivity index (χ4n) is 4.62. The molecule has 0 fully saturated rings. The Kier molecular flexibility index (Phi) is 23.4. The Bertz CT molecular complexity index is 1820. The molecule has 0 atom stereocenters. The number of hydrogen-bond acceptors (Lipinski definition) is 8. The molecule has 0 radical (unpaired) electrons. The third-order valence-electron chi connectivity index (χ3n) is 7.19. The van der Waals surface area contributed by atoms with E-state index in [-0.39, 0.29) is 68.9 Å². The first-order valence-corrected chi connectivity index (χ1v) is 16.4. The van der Waals surface area contributed by atoms with Crippen LogP contribution in [0.1, 0.15) is 24.2 Å². The molecular weight excluding hydrogens is 829 g/mol. The Hall–Kier alpha value is -4.90. The maximum atomic E-state index is 11.5. The normalized spacial score (nSPS) is 14.2. The molecule has 290 valence electrons. The zero-order valence-electron chi connectivity index (χ0n) is 29.1. The first kappa shape index (κ1) is 47.1. The average Bonchev–Trinajstić information content (AvgIpc) is 3.84. The summed E-state index contributed by atoms with van der Waals surface area (Å²) < 4.78 is 0. The van der Waals surface area contributed by atoms with E-state index in [1.54, 1.807) is 73.7 Å². The van der Waals surface area contributed by atoms with Gasteiger partial charge in [-0.25, -0.2) is 0 Å². The Morgan fingerprint density at radius 2 is 0.963 bits per heavy atom. The maximum Gasteiger partial charge on any atom is 1.00 e. The number of benzene rings is 2. The number of nitrogens with one attached hydrogen (secondary N) is 2. The first-order chi connectivity index (χ1) is 24.7. The molecule has 4 aromatic rings. The van der Waals surface area contributed by atoms with Crippen molar-refractivity contribution < 1.29 is 60.8 Å². The maximum absolute atomic E-state index is 11.5. The monoisotopic (exact) mass is 867 g/mol. The Balaban J connectivity index is 0.000000503. The van der Waals surface area contributed by atoms with Crippen LogP contribution in [0.2, 0.25) is 0 Å². The molecule has 11 nitrogen and oxygen atoms in total. The van der Waals surface area contributed by atoms with Gasteiger partial charge in [-0.3, -0.25) is 19.6 Å². The summed E-state index contributed by atoms with van der Waals surface area (Å²) in [5.74, 6) is 1.48. The van der Waals surface area contributed by atoms with Crippen LogP contribution in [0, 0.1) is 0 Å². The number of aliphatic imine (C=N–C) groups is 2. The van der Waals surface area contributed by atoms with Crippen LogP contribution in [0.15, 0.2) is 155 Å². The third-order valence-corrected chi connectivity index (χ3v) is 7.19. The number of imidazole rings is 2. The third kappa shape index (κ3) is 16.0. The molecule has 0 spiro atoms. The second kappa shape index (κ2) is 26.8. The van der Waals surface area contributed by atoms with Crippen molar-refractivity contribution in [2.24, 2.45) is 9.98 Å². The zero-order chi connectivity index (χ0) is 34.6. The van der Waals surface area contributed by atoms with Gasteiger partial charge in [-0.05, 0) is 59.7 Å². The van der Waals surface area contributed by atoms with E-state index in [0.29, 0.717) is 24.2 Å². The van der Waals surface area contributed by atoms with Crippen molar-refractivity contribution in [3.63, 3.8) is 0 Å². The minimum atomic E-state index is 0. The predicted molar refractivity (Wildman–Crippen MR) is 204 cm³/mol. The van der Waals surface area contributed by atoms with Gasteiger partial charge in [0.25, 0.3) is 0 Å². The summed E-state index contributed by atoms with van der Waals surface area (Å²) in [5.41, 5.74) is 4.87. The minimum Gasteiger partial charge on any atom is -0.693 e. The topological polar surface area (TPSA) is 170 Å². The molecule has 0 bridgehead atoms. The van der Waals surface area contributed by atoms with Gasteiger partial charge in [0, 0.05) is 62.2 Å². The summed E-state index contributed by atoms with van der Waals surface area (Å²) in [6.07, 6.45) is 26.1. The number of aromatic nitrogens is 4. The summed E-state index contributed by atoms with van der Waals surface area (Å²) in [5, 5.41) is 6.28. The number of nitrogens with two attached hydrogens (primary N) is 1. The molecule has 0 unspecified atom stereocenters. The molecular formula is C40H40Cu3N9O2.